The van der Waals surface area contributed by atoms with Crippen molar-refractivity contribution in [2.24, 2.45) is 0 Å². The van der Waals surface area contributed by atoms with Crippen LogP contribution in [0.3, 0.4) is 0 Å². The maximum atomic E-state index is 14.0. The number of benzene rings is 1. The Kier molecular flexibility index (Phi) is 10.2. The molecule has 0 aromatic heterocycles. The molecule has 0 spiro atoms. The minimum atomic E-state index is -3.30. The second-order valence-electron chi connectivity index (χ2n) is 9.02. The lowest BCUT2D eigenvalue weighted by Gasteiger charge is -2.51. The van der Waals surface area contributed by atoms with Crippen LogP contribution in [0, 0.1) is 0 Å². The van der Waals surface area contributed by atoms with E-state index in [1.165, 1.54) is 11.4 Å². The Balaban J connectivity index is 0.00000408. The third-order valence-electron chi connectivity index (χ3n) is 6.97. The number of methoxy groups -OCH3 is 1. The van der Waals surface area contributed by atoms with Crippen molar-refractivity contribution in [1.29, 1.82) is 0 Å². The number of piperazine rings is 1. The lowest BCUT2D eigenvalue weighted by Crippen LogP contribution is -2.60. The summed E-state index contributed by atoms with van der Waals surface area (Å²) in [4.78, 5) is 15.2. The second-order valence-corrected chi connectivity index (χ2v) is 11.5. The summed E-state index contributed by atoms with van der Waals surface area (Å²) in [7, 11) is -1.82. The van der Waals surface area contributed by atoms with E-state index in [0.717, 1.165) is 0 Å². The number of alkyl halides is 2. The Morgan fingerprint density at radius 2 is 1.74 bits per heavy atom. The van der Waals surface area contributed by atoms with Crippen LogP contribution in [-0.2, 0) is 10.0 Å². The highest BCUT2D eigenvalue weighted by Crippen LogP contribution is 2.45. The molecule has 1 aromatic rings. The molecule has 1 aromatic carbocycles. The smallest absolute Gasteiger partial charge is 0.248 e. The minimum Gasteiger partial charge on any atom is -0.496 e. The van der Waals surface area contributed by atoms with Crippen LogP contribution in [-0.4, -0.2) is 73.9 Å². The molecule has 6 nitrogen and oxygen atoms in total. The third kappa shape index (κ3) is 6.60. The molecule has 2 fully saturated rings. The number of rotatable bonds is 9. The number of nitrogens with zero attached hydrogens (tertiary/aromatic N) is 2. The van der Waals surface area contributed by atoms with Gasteiger partial charge in [0.1, 0.15) is 5.75 Å². The quantitative estimate of drug-likeness (QED) is 0.409. The van der Waals surface area contributed by atoms with Crippen LogP contribution in [0.2, 0.25) is 5.02 Å². The van der Waals surface area contributed by atoms with Gasteiger partial charge in [-0.25, -0.2) is 17.2 Å². The van der Waals surface area contributed by atoms with E-state index in [0.29, 0.717) is 55.4 Å². The molecule has 0 bridgehead atoms. The van der Waals surface area contributed by atoms with E-state index >= 15 is 0 Å². The standard InChI is InChI=1S/C23H33ClF2N2O4S.ClH/c1-3-17-33(30,31)28-15-13-27(14-16-28)22(9-11-23(25,26)12-10-22)8-7-19(29)21-18(24)5-4-6-20(21)32-2;/h4-6H,3,7-17H2,1-2H3;1H. The average molecular weight is 544 g/mol. The van der Waals surface area contributed by atoms with Gasteiger partial charge in [-0.3, -0.25) is 9.69 Å². The van der Waals surface area contributed by atoms with Gasteiger partial charge in [-0.2, -0.15) is 4.31 Å². The average Bonchev–Trinajstić information content (AvgIpc) is 2.78. The summed E-state index contributed by atoms with van der Waals surface area (Å²) in [5, 5.41) is 0.304. The van der Waals surface area contributed by atoms with Crippen molar-refractivity contribution >= 4 is 39.8 Å². The Morgan fingerprint density at radius 3 is 2.29 bits per heavy atom. The van der Waals surface area contributed by atoms with Crippen LogP contribution in [0.25, 0.3) is 0 Å². The minimum absolute atomic E-state index is 0. The fraction of sp³-hybridized carbons (Fsp3) is 0.696. The van der Waals surface area contributed by atoms with E-state index in [-0.39, 0.29) is 56.0 Å². The normalized spacial score (nSPS) is 21.0. The van der Waals surface area contributed by atoms with E-state index < -0.39 is 21.5 Å². The molecule has 34 heavy (non-hydrogen) atoms. The molecule has 0 radical (unpaired) electrons. The Morgan fingerprint density at radius 1 is 1.12 bits per heavy atom. The number of hydrogen-bond donors (Lipinski definition) is 0. The third-order valence-corrected chi connectivity index (χ3v) is 9.36. The van der Waals surface area contributed by atoms with E-state index in [2.05, 4.69) is 4.90 Å². The summed E-state index contributed by atoms with van der Waals surface area (Å²) in [5.41, 5.74) is -0.250. The maximum absolute atomic E-state index is 14.0. The predicted octanol–water partition coefficient (Wildman–Crippen LogP) is 5.04. The number of carbonyl (C=O) groups is 1. The summed E-state index contributed by atoms with van der Waals surface area (Å²) in [6.45, 7) is 3.45. The molecule has 2 aliphatic rings. The molecular weight excluding hydrogens is 509 g/mol. The van der Waals surface area contributed by atoms with Gasteiger partial charge in [0, 0.05) is 51.0 Å². The zero-order valence-electron chi connectivity index (χ0n) is 19.7. The van der Waals surface area contributed by atoms with Crippen LogP contribution in [0.1, 0.15) is 62.2 Å². The Labute approximate surface area is 212 Å². The topological polar surface area (TPSA) is 66.9 Å². The zero-order chi connectivity index (χ0) is 24.3. The van der Waals surface area contributed by atoms with E-state index in [9.17, 15) is 22.0 Å². The van der Waals surface area contributed by atoms with Gasteiger partial charge in [-0.05, 0) is 37.8 Å². The van der Waals surface area contributed by atoms with Crippen LogP contribution < -0.4 is 4.74 Å². The fourth-order valence-electron chi connectivity index (χ4n) is 5.05. The van der Waals surface area contributed by atoms with Crippen molar-refractivity contribution in [3.05, 3.63) is 28.8 Å². The number of sulfonamides is 1. The first-order chi connectivity index (χ1) is 15.5. The maximum Gasteiger partial charge on any atom is 0.248 e. The second kappa shape index (κ2) is 11.8. The van der Waals surface area contributed by atoms with Crippen molar-refractivity contribution in [2.75, 3.05) is 39.0 Å². The highest BCUT2D eigenvalue weighted by Gasteiger charge is 2.47. The van der Waals surface area contributed by atoms with Gasteiger partial charge >= 0.3 is 0 Å². The number of halogens is 4. The van der Waals surface area contributed by atoms with Gasteiger partial charge in [0.15, 0.2) is 5.78 Å². The zero-order valence-corrected chi connectivity index (χ0v) is 22.1. The Bertz CT molecular complexity index is 944. The molecule has 0 unspecified atom stereocenters. The van der Waals surface area contributed by atoms with Gasteiger partial charge in [0.2, 0.25) is 15.9 Å². The summed E-state index contributed by atoms with van der Waals surface area (Å²) in [5.74, 6) is -2.38. The lowest BCUT2D eigenvalue weighted by atomic mass is 9.74. The lowest BCUT2D eigenvalue weighted by molar-refractivity contribution is -0.0891. The summed E-state index contributed by atoms with van der Waals surface area (Å²) in [6.07, 6.45) is 1.20. The monoisotopic (exact) mass is 542 g/mol. The molecule has 11 heteroatoms. The van der Waals surface area contributed by atoms with E-state index in [1.54, 1.807) is 18.2 Å². The van der Waals surface area contributed by atoms with E-state index in [4.69, 9.17) is 16.3 Å². The molecular formula is C23H34Cl2F2N2O4S. The van der Waals surface area contributed by atoms with Crippen LogP contribution >= 0.6 is 24.0 Å². The molecule has 0 N–H and O–H groups in total. The van der Waals surface area contributed by atoms with Gasteiger partial charge in [0.05, 0.1) is 23.4 Å². The Hall–Kier alpha value is -1.00. The number of ether oxygens (including phenoxy) is 1. The molecule has 194 valence electrons. The van der Waals surface area contributed by atoms with E-state index in [1.807, 2.05) is 6.92 Å². The first kappa shape index (κ1) is 29.2. The molecule has 0 atom stereocenters. The fourth-order valence-corrected chi connectivity index (χ4v) is 6.81. The number of Topliss-reactive ketones (excluding diaryl/α,β-unsaturated/α-hetero) is 1. The van der Waals surface area contributed by atoms with Crippen molar-refractivity contribution in [1.82, 2.24) is 9.21 Å². The van der Waals surface area contributed by atoms with Crippen molar-refractivity contribution in [3.8, 4) is 5.75 Å². The molecule has 1 aliphatic carbocycles. The van der Waals surface area contributed by atoms with Crippen LogP contribution in [0.4, 0.5) is 8.78 Å². The molecule has 1 heterocycles. The highest BCUT2D eigenvalue weighted by atomic mass is 35.5. The first-order valence-electron chi connectivity index (χ1n) is 11.5. The summed E-state index contributed by atoms with van der Waals surface area (Å²) < 4.78 is 59.7. The van der Waals surface area contributed by atoms with Crippen molar-refractivity contribution in [2.45, 2.75) is 63.3 Å². The van der Waals surface area contributed by atoms with Gasteiger partial charge in [0.25, 0.3) is 0 Å². The molecule has 1 saturated heterocycles. The molecule has 0 amide bonds. The summed E-state index contributed by atoms with van der Waals surface area (Å²) in [6, 6.07) is 5.00. The van der Waals surface area contributed by atoms with Crippen LogP contribution in [0.15, 0.2) is 18.2 Å². The van der Waals surface area contributed by atoms with Gasteiger partial charge in [-0.15, -0.1) is 12.4 Å². The molecule has 1 saturated carbocycles. The highest BCUT2D eigenvalue weighted by molar-refractivity contribution is 7.89. The van der Waals surface area contributed by atoms with Crippen molar-refractivity contribution in [3.63, 3.8) is 0 Å². The van der Waals surface area contributed by atoms with Gasteiger partial charge in [-0.1, -0.05) is 24.6 Å². The molecule has 1 aliphatic heterocycles. The SMILES string of the molecule is CCCS(=O)(=O)N1CCN(C2(CCC(=O)c3c(Cl)cccc3OC)CCC(F)(F)CC2)CC1.Cl. The molecule has 3 rings (SSSR count). The van der Waals surface area contributed by atoms with Gasteiger partial charge < -0.3 is 4.74 Å². The number of hydrogen-bond acceptors (Lipinski definition) is 5. The number of ketones is 1. The van der Waals surface area contributed by atoms with Crippen molar-refractivity contribution < 1.29 is 26.7 Å². The largest absolute Gasteiger partial charge is 0.496 e. The summed E-state index contributed by atoms with van der Waals surface area (Å²) >= 11 is 6.26. The predicted molar refractivity (Wildman–Crippen MR) is 132 cm³/mol. The number of carbonyl (C=O) groups excluding carboxylic acids is 1. The van der Waals surface area contributed by atoms with Crippen LogP contribution in [0.5, 0.6) is 5.75 Å². The first-order valence-corrected chi connectivity index (χ1v) is 13.5.